The first kappa shape index (κ1) is 16.7. The third-order valence-corrected chi connectivity index (χ3v) is 4.61. The molecule has 7 heteroatoms. The van der Waals surface area contributed by atoms with Crippen molar-refractivity contribution in [3.8, 4) is 5.75 Å². The van der Waals surface area contributed by atoms with E-state index in [2.05, 4.69) is 10.2 Å². The van der Waals surface area contributed by atoms with Crippen LogP contribution in [0, 0.1) is 0 Å². The quantitative estimate of drug-likeness (QED) is 0.771. The van der Waals surface area contributed by atoms with Crippen molar-refractivity contribution in [3.63, 3.8) is 0 Å². The van der Waals surface area contributed by atoms with Crippen LogP contribution in [0.15, 0.2) is 24.3 Å². The molecule has 3 N–H and O–H groups in total. The highest BCUT2D eigenvalue weighted by Gasteiger charge is 2.32. The molecule has 1 unspecified atom stereocenters. The minimum absolute atomic E-state index is 0.0484. The van der Waals surface area contributed by atoms with Crippen LogP contribution in [0.1, 0.15) is 16.8 Å². The molecule has 0 spiro atoms. The van der Waals surface area contributed by atoms with Gasteiger partial charge < -0.3 is 20.7 Å². The van der Waals surface area contributed by atoms with Gasteiger partial charge in [-0.1, -0.05) is 12.1 Å². The van der Waals surface area contributed by atoms with Crippen LogP contribution in [0.3, 0.4) is 0 Å². The third kappa shape index (κ3) is 3.85. The van der Waals surface area contributed by atoms with Gasteiger partial charge in [0, 0.05) is 45.3 Å². The fraction of sp³-hybridized carbons (Fsp3) is 0.529. The summed E-state index contributed by atoms with van der Waals surface area (Å²) >= 11 is 0. The zero-order valence-corrected chi connectivity index (χ0v) is 13.7. The number of amides is 2. The van der Waals surface area contributed by atoms with E-state index in [1.54, 1.807) is 24.3 Å². The normalized spacial score (nSPS) is 21.7. The van der Waals surface area contributed by atoms with E-state index in [0.717, 1.165) is 45.7 Å². The molecule has 0 saturated carbocycles. The molecule has 2 fully saturated rings. The zero-order chi connectivity index (χ0) is 16.9. The van der Waals surface area contributed by atoms with E-state index in [9.17, 15) is 9.59 Å². The van der Waals surface area contributed by atoms with Gasteiger partial charge in [-0.25, -0.2) is 0 Å². The first-order chi connectivity index (χ1) is 11.6. The smallest absolute Gasteiger partial charge is 0.257 e. The summed E-state index contributed by atoms with van der Waals surface area (Å²) in [6, 6.07) is 7.43. The molecule has 24 heavy (non-hydrogen) atoms. The molecule has 0 aliphatic carbocycles. The first-order valence-corrected chi connectivity index (χ1v) is 8.39. The highest BCUT2D eigenvalue weighted by Crippen LogP contribution is 2.24. The topological polar surface area (TPSA) is 87.9 Å². The molecule has 2 saturated heterocycles. The van der Waals surface area contributed by atoms with Crippen molar-refractivity contribution < 1.29 is 14.3 Å². The van der Waals surface area contributed by atoms with Crippen LogP contribution in [-0.4, -0.2) is 73.5 Å². The van der Waals surface area contributed by atoms with Gasteiger partial charge in [-0.2, -0.15) is 0 Å². The second-order valence-corrected chi connectivity index (χ2v) is 6.23. The number of carbonyl (C=O) groups excluding carboxylic acids is 2. The Morgan fingerprint density at radius 1 is 1.21 bits per heavy atom. The Bertz CT molecular complexity index is 601. The maximum absolute atomic E-state index is 12.8. The molecule has 0 aromatic heterocycles. The summed E-state index contributed by atoms with van der Waals surface area (Å²) in [7, 11) is 0. The number of para-hydroxylation sites is 1. The van der Waals surface area contributed by atoms with Gasteiger partial charge in [0.25, 0.3) is 11.8 Å². The highest BCUT2D eigenvalue weighted by molar-refractivity contribution is 5.97. The molecule has 2 aliphatic heterocycles. The van der Waals surface area contributed by atoms with Crippen molar-refractivity contribution in [2.24, 2.45) is 5.73 Å². The van der Waals surface area contributed by atoms with Gasteiger partial charge in [0.2, 0.25) is 0 Å². The summed E-state index contributed by atoms with van der Waals surface area (Å²) in [5, 5.41) is 3.35. The summed E-state index contributed by atoms with van der Waals surface area (Å²) in [6.07, 6.45) is 0.996. The second kappa shape index (κ2) is 7.63. The number of primary amides is 1. The van der Waals surface area contributed by atoms with E-state index in [4.69, 9.17) is 10.5 Å². The van der Waals surface area contributed by atoms with Crippen LogP contribution in [0.25, 0.3) is 0 Å². The van der Waals surface area contributed by atoms with Gasteiger partial charge in [0.15, 0.2) is 6.61 Å². The van der Waals surface area contributed by atoms with Crippen molar-refractivity contribution in [1.82, 2.24) is 15.1 Å². The van der Waals surface area contributed by atoms with Crippen molar-refractivity contribution >= 4 is 11.8 Å². The Hall–Kier alpha value is -2.12. The minimum Gasteiger partial charge on any atom is -0.483 e. The summed E-state index contributed by atoms with van der Waals surface area (Å²) in [5.41, 5.74) is 5.61. The van der Waals surface area contributed by atoms with Crippen molar-refractivity contribution in [2.75, 3.05) is 45.9 Å². The molecule has 2 aliphatic rings. The molecular formula is C17H24N4O3. The van der Waals surface area contributed by atoms with E-state index in [1.807, 2.05) is 4.90 Å². The molecule has 2 amide bonds. The Morgan fingerprint density at radius 3 is 2.71 bits per heavy atom. The molecule has 1 atom stereocenters. The van der Waals surface area contributed by atoms with E-state index >= 15 is 0 Å². The summed E-state index contributed by atoms with van der Waals surface area (Å²) in [4.78, 5) is 28.1. The van der Waals surface area contributed by atoms with Gasteiger partial charge >= 0.3 is 0 Å². The predicted molar refractivity (Wildman–Crippen MR) is 89.9 cm³/mol. The lowest BCUT2D eigenvalue weighted by atomic mass is 10.1. The number of nitrogens with two attached hydrogens (primary N) is 1. The number of hydrogen-bond acceptors (Lipinski definition) is 5. The number of hydrogen-bond donors (Lipinski definition) is 2. The summed E-state index contributed by atoms with van der Waals surface area (Å²) in [5.74, 6) is -0.197. The van der Waals surface area contributed by atoms with Gasteiger partial charge in [0.1, 0.15) is 5.75 Å². The lowest BCUT2D eigenvalue weighted by Gasteiger charge is -2.32. The van der Waals surface area contributed by atoms with E-state index in [1.165, 1.54) is 0 Å². The van der Waals surface area contributed by atoms with Crippen LogP contribution in [0.4, 0.5) is 0 Å². The molecule has 1 aromatic rings. The number of likely N-dealkylation sites (tertiary alicyclic amines) is 1. The Kier molecular flexibility index (Phi) is 5.32. The molecule has 130 valence electrons. The standard InChI is InChI=1S/C17H24N4O3/c18-16(22)12-24-15-4-2-1-3-14(15)17(23)21-8-5-13(11-21)20-9-6-19-7-10-20/h1-4,13,19H,5-12H2,(H2,18,22). The van der Waals surface area contributed by atoms with Crippen molar-refractivity contribution in [1.29, 1.82) is 0 Å². The SMILES string of the molecule is NC(=O)COc1ccccc1C(=O)N1CCC(N2CCNCC2)C1. The van der Waals surface area contributed by atoms with Crippen LogP contribution < -0.4 is 15.8 Å². The van der Waals surface area contributed by atoms with Gasteiger partial charge in [-0.3, -0.25) is 14.5 Å². The zero-order valence-electron chi connectivity index (χ0n) is 13.7. The van der Waals surface area contributed by atoms with E-state index in [0.29, 0.717) is 17.4 Å². The Labute approximate surface area is 141 Å². The van der Waals surface area contributed by atoms with E-state index < -0.39 is 5.91 Å². The van der Waals surface area contributed by atoms with Crippen LogP contribution in [0.5, 0.6) is 5.75 Å². The van der Waals surface area contributed by atoms with Crippen LogP contribution in [-0.2, 0) is 4.79 Å². The maximum Gasteiger partial charge on any atom is 0.257 e. The number of nitrogens with zero attached hydrogens (tertiary/aromatic N) is 2. The fourth-order valence-corrected chi connectivity index (χ4v) is 3.36. The van der Waals surface area contributed by atoms with Gasteiger partial charge in [-0.15, -0.1) is 0 Å². The number of rotatable bonds is 5. The number of carbonyl (C=O) groups is 2. The lowest BCUT2D eigenvalue weighted by Crippen LogP contribution is -2.49. The average Bonchev–Trinajstić information content (AvgIpc) is 3.10. The van der Waals surface area contributed by atoms with Crippen molar-refractivity contribution in [3.05, 3.63) is 29.8 Å². The minimum atomic E-state index is -0.558. The number of benzene rings is 1. The predicted octanol–water partition coefficient (Wildman–Crippen LogP) is -0.330. The lowest BCUT2D eigenvalue weighted by molar-refractivity contribution is -0.119. The van der Waals surface area contributed by atoms with E-state index in [-0.39, 0.29) is 12.5 Å². The largest absolute Gasteiger partial charge is 0.483 e. The Balaban J connectivity index is 1.65. The highest BCUT2D eigenvalue weighted by atomic mass is 16.5. The van der Waals surface area contributed by atoms with Crippen molar-refractivity contribution in [2.45, 2.75) is 12.5 Å². The monoisotopic (exact) mass is 332 g/mol. The molecular weight excluding hydrogens is 308 g/mol. The fourth-order valence-electron chi connectivity index (χ4n) is 3.36. The molecule has 2 heterocycles. The molecule has 0 radical (unpaired) electrons. The number of ether oxygens (including phenoxy) is 1. The average molecular weight is 332 g/mol. The summed E-state index contributed by atoms with van der Waals surface area (Å²) in [6.45, 7) is 5.34. The Morgan fingerprint density at radius 2 is 1.96 bits per heavy atom. The molecule has 0 bridgehead atoms. The number of nitrogens with one attached hydrogen (secondary N) is 1. The number of piperazine rings is 1. The molecule has 3 rings (SSSR count). The van der Waals surface area contributed by atoms with Gasteiger partial charge in [0.05, 0.1) is 5.56 Å². The molecule has 7 nitrogen and oxygen atoms in total. The summed E-state index contributed by atoms with van der Waals surface area (Å²) < 4.78 is 5.38. The van der Waals surface area contributed by atoms with Crippen LogP contribution >= 0.6 is 0 Å². The maximum atomic E-state index is 12.8. The first-order valence-electron chi connectivity index (χ1n) is 8.39. The van der Waals surface area contributed by atoms with Gasteiger partial charge in [-0.05, 0) is 18.6 Å². The third-order valence-electron chi connectivity index (χ3n) is 4.61. The molecule has 1 aromatic carbocycles. The van der Waals surface area contributed by atoms with Crippen LogP contribution in [0.2, 0.25) is 0 Å². The second-order valence-electron chi connectivity index (χ2n) is 6.23.